The number of Topliss-reactive ketones (excluding diaryl/α,β-unsaturated/α-hetero) is 1. The molecule has 0 saturated carbocycles. The zero-order valence-corrected chi connectivity index (χ0v) is 16.4. The highest BCUT2D eigenvalue weighted by Crippen LogP contribution is 2.37. The van der Waals surface area contributed by atoms with Crippen molar-refractivity contribution < 1.29 is 14.3 Å². The largest absolute Gasteiger partial charge is 0.463 e. The van der Waals surface area contributed by atoms with E-state index in [1.807, 2.05) is 38.1 Å². The van der Waals surface area contributed by atoms with Gasteiger partial charge in [0, 0.05) is 18.1 Å². The molecule has 0 saturated heterocycles. The van der Waals surface area contributed by atoms with E-state index in [-0.39, 0.29) is 17.2 Å². The van der Waals surface area contributed by atoms with Crippen LogP contribution in [-0.2, 0) is 14.9 Å². The normalized spacial score (nSPS) is 17.3. The van der Waals surface area contributed by atoms with Gasteiger partial charge in [0.25, 0.3) is 0 Å². The van der Waals surface area contributed by atoms with Crippen molar-refractivity contribution in [1.29, 1.82) is 0 Å². The molecule has 1 aliphatic rings. The Kier molecular flexibility index (Phi) is 6.36. The van der Waals surface area contributed by atoms with E-state index < -0.39 is 0 Å². The maximum Gasteiger partial charge on any atom is 0.330 e. The summed E-state index contributed by atoms with van der Waals surface area (Å²) in [5, 5.41) is 0. The van der Waals surface area contributed by atoms with Crippen LogP contribution in [0.2, 0.25) is 0 Å². The molecule has 0 heterocycles. The lowest BCUT2D eigenvalue weighted by Crippen LogP contribution is -2.27. The fraction of sp³-hybridized carbons (Fsp3) is 0.391. The van der Waals surface area contributed by atoms with E-state index in [9.17, 15) is 9.59 Å². The van der Waals surface area contributed by atoms with Gasteiger partial charge in [-0.3, -0.25) is 4.79 Å². The molecule has 0 aromatic heterocycles. The standard InChI is InChI=1S/C23H28O3/c1-6-26-22(25)14-16(2)8-7-9-17(3)18-10-11-20-19(15-18)21(24)12-13-23(20,4)5/h7-11,14-15H,6,12-13H2,1-5H3/b8-7?,16-14+,17-9+. The Morgan fingerprint density at radius 2 is 2.00 bits per heavy atom. The minimum atomic E-state index is -0.328. The molecule has 0 fully saturated rings. The summed E-state index contributed by atoms with van der Waals surface area (Å²) in [6, 6.07) is 6.19. The first-order valence-corrected chi connectivity index (χ1v) is 9.12. The highest BCUT2D eigenvalue weighted by Gasteiger charge is 2.31. The molecule has 1 aromatic rings. The lowest BCUT2D eigenvalue weighted by atomic mass is 9.72. The van der Waals surface area contributed by atoms with Crippen LogP contribution in [0.15, 0.2) is 48.1 Å². The van der Waals surface area contributed by atoms with Crippen LogP contribution in [0.1, 0.15) is 68.9 Å². The van der Waals surface area contributed by atoms with Crippen molar-refractivity contribution in [3.63, 3.8) is 0 Å². The molecule has 0 radical (unpaired) electrons. The van der Waals surface area contributed by atoms with Gasteiger partial charge in [0.05, 0.1) is 6.61 Å². The topological polar surface area (TPSA) is 43.4 Å². The number of hydrogen-bond donors (Lipinski definition) is 0. The van der Waals surface area contributed by atoms with Gasteiger partial charge >= 0.3 is 5.97 Å². The van der Waals surface area contributed by atoms with Crippen molar-refractivity contribution in [3.8, 4) is 0 Å². The zero-order chi connectivity index (χ0) is 19.3. The van der Waals surface area contributed by atoms with Crippen molar-refractivity contribution in [2.24, 2.45) is 0 Å². The Labute approximate surface area is 156 Å². The van der Waals surface area contributed by atoms with Gasteiger partial charge in [-0.05, 0) is 60.9 Å². The van der Waals surface area contributed by atoms with Crippen LogP contribution in [0.5, 0.6) is 0 Å². The molecule has 0 spiro atoms. The summed E-state index contributed by atoms with van der Waals surface area (Å²) < 4.78 is 4.89. The van der Waals surface area contributed by atoms with Gasteiger partial charge in [-0.2, -0.15) is 0 Å². The minimum absolute atomic E-state index is 0.0499. The first kappa shape index (κ1) is 19.9. The summed E-state index contributed by atoms with van der Waals surface area (Å²) in [5.41, 5.74) is 5.00. The highest BCUT2D eigenvalue weighted by atomic mass is 16.5. The van der Waals surface area contributed by atoms with Crippen LogP contribution in [0.4, 0.5) is 0 Å². The summed E-state index contributed by atoms with van der Waals surface area (Å²) in [7, 11) is 0. The molecule has 0 aliphatic heterocycles. The molecule has 0 bridgehead atoms. The smallest absolute Gasteiger partial charge is 0.330 e. The molecule has 3 heteroatoms. The van der Waals surface area contributed by atoms with Gasteiger partial charge in [-0.25, -0.2) is 4.79 Å². The average Bonchev–Trinajstić information content (AvgIpc) is 2.58. The fourth-order valence-corrected chi connectivity index (χ4v) is 3.16. The number of carbonyl (C=O) groups is 2. The Morgan fingerprint density at radius 1 is 1.27 bits per heavy atom. The van der Waals surface area contributed by atoms with E-state index in [4.69, 9.17) is 4.74 Å². The monoisotopic (exact) mass is 352 g/mol. The predicted molar refractivity (Wildman–Crippen MR) is 106 cm³/mol. The summed E-state index contributed by atoms with van der Waals surface area (Å²) >= 11 is 0. The van der Waals surface area contributed by atoms with Gasteiger partial charge in [0.2, 0.25) is 0 Å². The highest BCUT2D eigenvalue weighted by molar-refractivity contribution is 6.00. The number of rotatable bonds is 5. The number of allylic oxidation sites excluding steroid dienone is 5. The number of fused-ring (bicyclic) bond motifs is 1. The summed E-state index contributed by atoms with van der Waals surface area (Å²) in [6.07, 6.45) is 8.76. The van der Waals surface area contributed by atoms with E-state index in [1.54, 1.807) is 6.92 Å². The second kappa shape index (κ2) is 8.31. The summed E-state index contributed by atoms with van der Waals surface area (Å²) in [6.45, 7) is 10.4. The first-order chi connectivity index (χ1) is 12.2. The molecule has 1 aromatic carbocycles. The van der Waals surface area contributed by atoms with Crippen LogP contribution < -0.4 is 0 Å². The van der Waals surface area contributed by atoms with E-state index >= 15 is 0 Å². The van der Waals surface area contributed by atoms with Crippen LogP contribution in [0, 0.1) is 0 Å². The minimum Gasteiger partial charge on any atom is -0.463 e. The number of hydrogen-bond acceptors (Lipinski definition) is 3. The molecule has 0 unspecified atom stereocenters. The van der Waals surface area contributed by atoms with Crippen molar-refractivity contribution in [2.75, 3.05) is 6.61 Å². The lowest BCUT2D eigenvalue weighted by Gasteiger charge is -2.32. The number of ether oxygens (including phenoxy) is 1. The third kappa shape index (κ3) is 4.81. The molecule has 0 N–H and O–H groups in total. The molecular formula is C23H28O3. The molecule has 1 aliphatic carbocycles. The number of carbonyl (C=O) groups excluding carboxylic acids is 2. The van der Waals surface area contributed by atoms with Gasteiger partial charge in [0.15, 0.2) is 5.78 Å². The van der Waals surface area contributed by atoms with Crippen molar-refractivity contribution in [2.45, 2.75) is 52.9 Å². The molecule has 138 valence electrons. The Balaban J connectivity index is 2.20. The first-order valence-electron chi connectivity index (χ1n) is 9.12. The van der Waals surface area contributed by atoms with E-state index in [1.165, 1.54) is 6.08 Å². The van der Waals surface area contributed by atoms with E-state index in [0.29, 0.717) is 13.0 Å². The second-order valence-corrected chi connectivity index (χ2v) is 7.42. The molecular weight excluding hydrogens is 324 g/mol. The van der Waals surface area contributed by atoms with Crippen molar-refractivity contribution >= 4 is 17.3 Å². The number of benzene rings is 1. The van der Waals surface area contributed by atoms with E-state index in [0.717, 1.165) is 34.3 Å². The van der Waals surface area contributed by atoms with Crippen LogP contribution in [0.25, 0.3) is 5.57 Å². The summed E-state index contributed by atoms with van der Waals surface area (Å²) in [5.74, 6) is -0.0936. The molecule has 26 heavy (non-hydrogen) atoms. The maximum atomic E-state index is 12.3. The molecule has 3 nitrogen and oxygen atoms in total. The second-order valence-electron chi connectivity index (χ2n) is 7.42. The van der Waals surface area contributed by atoms with Crippen LogP contribution in [0.3, 0.4) is 0 Å². The Bertz CT molecular complexity index is 792. The zero-order valence-electron chi connectivity index (χ0n) is 16.4. The van der Waals surface area contributed by atoms with Gasteiger partial charge < -0.3 is 4.74 Å². The van der Waals surface area contributed by atoms with Gasteiger partial charge in [-0.1, -0.05) is 44.2 Å². The molecule has 0 atom stereocenters. The van der Waals surface area contributed by atoms with Gasteiger partial charge in [-0.15, -0.1) is 0 Å². The third-order valence-corrected chi connectivity index (χ3v) is 4.82. The van der Waals surface area contributed by atoms with Crippen LogP contribution >= 0.6 is 0 Å². The molecule has 0 amide bonds. The lowest BCUT2D eigenvalue weighted by molar-refractivity contribution is -0.137. The molecule has 2 rings (SSSR count). The quantitative estimate of drug-likeness (QED) is 0.404. The van der Waals surface area contributed by atoms with Crippen molar-refractivity contribution in [3.05, 3.63) is 64.8 Å². The summed E-state index contributed by atoms with van der Waals surface area (Å²) in [4.78, 5) is 23.7. The van der Waals surface area contributed by atoms with Gasteiger partial charge in [0.1, 0.15) is 0 Å². The van der Waals surface area contributed by atoms with Crippen molar-refractivity contribution in [1.82, 2.24) is 0 Å². The van der Waals surface area contributed by atoms with E-state index in [2.05, 4.69) is 26.0 Å². The predicted octanol–water partition coefficient (Wildman–Crippen LogP) is 5.41. The fourth-order valence-electron chi connectivity index (χ4n) is 3.16. The average molecular weight is 352 g/mol. The Morgan fingerprint density at radius 3 is 2.69 bits per heavy atom. The van der Waals surface area contributed by atoms with Crippen LogP contribution in [-0.4, -0.2) is 18.4 Å². The maximum absolute atomic E-state index is 12.3. The SMILES string of the molecule is CCOC(=O)/C=C(\C)C=C/C=C(\C)c1ccc2c(c1)C(=O)CCC2(C)C. The third-order valence-electron chi connectivity index (χ3n) is 4.82. The number of esters is 1. The Hall–Kier alpha value is -2.42. The number of ketones is 1.